The van der Waals surface area contributed by atoms with Crippen LogP contribution in [0.2, 0.25) is 0 Å². The van der Waals surface area contributed by atoms with Crippen LogP contribution in [0.25, 0.3) is 0 Å². The number of halogens is 3. The van der Waals surface area contributed by atoms with E-state index < -0.39 is 14.7 Å². The molecule has 0 spiro atoms. The van der Waals surface area contributed by atoms with Crippen LogP contribution in [0.5, 0.6) is 0 Å². The van der Waals surface area contributed by atoms with Gasteiger partial charge in [0, 0.05) is 0 Å². The van der Waals surface area contributed by atoms with Crippen LogP contribution in [0.3, 0.4) is 0 Å². The van der Waals surface area contributed by atoms with E-state index in [1.165, 1.54) is 37.7 Å². The normalized spacial score (nSPS) is 23.3. The van der Waals surface area contributed by atoms with Gasteiger partial charge in [-0.2, -0.15) is 5.57 Å². The summed E-state index contributed by atoms with van der Waals surface area (Å²) in [7, 11) is 14.9. The summed E-state index contributed by atoms with van der Waals surface area (Å²) in [6.07, 6.45) is 10.3. The Bertz CT molecular complexity index is 292. The van der Waals surface area contributed by atoms with Crippen LogP contribution in [0.4, 0.5) is 0 Å². The van der Waals surface area contributed by atoms with E-state index in [4.69, 9.17) is 27.9 Å². The molecule has 2 aliphatic carbocycles. The van der Waals surface area contributed by atoms with Crippen molar-refractivity contribution in [3.63, 3.8) is 0 Å². The van der Waals surface area contributed by atoms with Crippen molar-refractivity contribution >= 4 is 27.9 Å². The molecule has 1 atom stereocenters. The van der Waals surface area contributed by atoms with Crippen LogP contribution in [-0.4, -0.2) is 0 Å². The SMILES string of the molecule is CCC1C(C)=[C-]C2=C1CCCC2.[Cl][Ti+]([Cl])[Cl]. The number of hydrogen-bond acceptors (Lipinski definition) is 0. The third-order valence-electron chi connectivity index (χ3n) is 3.21. The van der Waals surface area contributed by atoms with E-state index in [1.807, 2.05) is 0 Å². The summed E-state index contributed by atoms with van der Waals surface area (Å²) >= 11 is -1.92. The van der Waals surface area contributed by atoms with Crippen molar-refractivity contribution in [2.45, 2.75) is 46.0 Å². The van der Waals surface area contributed by atoms with Crippen molar-refractivity contribution < 1.29 is 14.7 Å². The van der Waals surface area contributed by atoms with Crippen molar-refractivity contribution in [1.82, 2.24) is 0 Å². The van der Waals surface area contributed by atoms with Crippen LogP contribution >= 0.6 is 27.9 Å². The Morgan fingerprint density at radius 2 is 1.81 bits per heavy atom. The summed E-state index contributed by atoms with van der Waals surface area (Å²) in [5, 5.41) is 0. The average molecular weight is 315 g/mol. The van der Waals surface area contributed by atoms with Gasteiger partial charge in [0.1, 0.15) is 0 Å². The first-order valence-electron chi connectivity index (χ1n) is 5.72. The predicted octanol–water partition coefficient (Wildman–Crippen LogP) is 5.71. The van der Waals surface area contributed by atoms with Gasteiger partial charge < -0.3 is 0 Å². The molecule has 0 saturated heterocycles. The van der Waals surface area contributed by atoms with Crippen LogP contribution in [0.15, 0.2) is 16.7 Å². The summed E-state index contributed by atoms with van der Waals surface area (Å²) in [6.45, 7) is 4.53. The second kappa shape index (κ2) is 7.49. The Morgan fingerprint density at radius 3 is 2.38 bits per heavy atom. The minimum absolute atomic E-state index is 0.764. The molecule has 2 rings (SSSR count). The molecule has 2 aliphatic rings. The Kier molecular flexibility index (Phi) is 7.08. The van der Waals surface area contributed by atoms with Gasteiger partial charge in [-0.1, -0.05) is 51.9 Å². The molecule has 0 fully saturated rings. The molecule has 0 aromatic carbocycles. The second-order valence-electron chi connectivity index (χ2n) is 4.19. The minimum atomic E-state index is -1.92. The summed E-state index contributed by atoms with van der Waals surface area (Å²) in [5.74, 6) is 0.764. The molecule has 0 amide bonds. The van der Waals surface area contributed by atoms with E-state index in [-0.39, 0.29) is 0 Å². The topological polar surface area (TPSA) is 0 Å². The van der Waals surface area contributed by atoms with E-state index >= 15 is 0 Å². The average Bonchev–Trinajstić information content (AvgIpc) is 2.52. The summed E-state index contributed by atoms with van der Waals surface area (Å²) in [5.41, 5.74) is 4.77. The van der Waals surface area contributed by atoms with Crippen LogP contribution < -0.4 is 0 Å². The molecule has 4 heteroatoms. The van der Waals surface area contributed by atoms with Gasteiger partial charge >= 0.3 is 42.6 Å². The molecule has 0 heterocycles. The first kappa shape index (κ1) is 15.1. The third-order valence-corrected chi connectivity index (χ3v) is 3.21. The van der Waals surface area contributed by atoms with E-state index in [1.54, 1.807) is 11.1 Å². The van der Waals surface area contributed by atoms with Crippen molar-refractivity contribution in [2.75, 3.05) is 0 Å². The molecule has 0 bridgehead atoms. The Labute approximate surface area is 116 Å². The molecular weight excluding hydrogens is 298 g/mol. The quantitative estimate of drug-likeness (QED) is 0.429. The van der Waals surface area contributed by atoms with Crippen LogP contribution in [0, 0.1) is 12.0 Å². The predicted molar refractivity (Wildman–Crippen MR) is 69.3 cm³/mol. The molecule has 16 heavy (non-hydrogen) atoms. The summed E-state index contributed by atoms with van der Waals surface area (Å²) in [6, 6.07) is 0. The second-order valence-corrected chi connectivity index (χ2v) is 11.9. The van der Waals surface area contributed by atoms with Crippen LogP contribution in [0.1, 0.15) is 46.0 Å². The maximum atomic E-state index is 4.97. The van der Waals surface area contributed by atoms with Gasteiger partial charge in [-0.15, -0.1) is 0 Å². The third kappa shape index (κ3) is 4.39. The van der Waals surface area contributed by atoms with Gasteiger partial charge in [0.05, 0.1) is 0 Å². The van der Waals surface area contributed by atoms with Gasteiger partial charge in [0.2, 0.25) is 0 Å². The molecular formula is C12H17Cl3Ti. The van der Waals surface area contributed by atoms with E-state index in [2.05, 4.69) is 19.9 Å². The Morgan fingerprint density at radius 1 is 1.25 bits per heavy atom. The zero-order valence-electron chi connectivity index (χ0n) is 9.75. The maximum absolute atomic E-state index is 4.97. The molecule has 0 radical (unpaired) electrons. The van der Waals surface area contributed by atoms with Gasteiger partial charge in [-0.3, -0.25) is 0 Å². The van der Waals surface area contributed by atoms with Crippen molar-refractivity contribution in [2.24, 2.45) is 5.92 Å². The number of hydrogen-bond donors (Lipinski definition) is 0. The standard InChI is InChI=1S/C12H17.3ClH.Ti/c1-3-11-9(2)8-10-6-4-5-7-12(10)11;;;;/h11H,3-7H2,1-2H3;3*1H;/q-1;;;;+4/p-3. The molecule has 0 nitrogen and oxygen atoms in total. The molecule has 0 N–H and O–H groups in total. The Balaban J connectivity index is 0.000000280. The van der Waals surface area contributed by atoms with Gasteiger partial charge in [0.15, 0.2) is 0 Å². The van der Waals surface area contributed by atoms with E-state index in [0.717, 1.165) is 5.92 Å². The van der Waals surface area contributed by atoms with Crippen molar-refractivity contribution in [3.05, 3.63) is 22.8 Å². The zero-order chi connectivity index (χ0) is 12.1. The fourth-order valence-electron chi connectivity index (χ4n) is 2.60. The van der Waals surface area contributed by atoms with Gasteiger partial charge in [-0.25, -0.2) is 17.2 Å². The molecule has 0 saturated carbocycles. The van der Waals surface area contributed by atoms with Gasteiger partial charge in [-0.05, 0) is 0 Å². The van der Waals surface area contributed by atoms with E-state index in [0.29, 0.717) is 0 Å². The van der Waals surface area contributed by atoms with Crippen LogP contribution in [-0.2, 0) is 14.7 Å². The van der Waals surface area contributed by atoms with Crippen molar-refractivity contribution in [1.29, 1.82) is 0 Å². The molecule has 0 aromatic heterocycles. The van der Waals surface area contributed by atoms with Gasteiger partial charge in [0.25, 0.3) is 0 Å². The summed E-state index contributed by atoms with van der Waals surface area (Å²) in [4.78, 5) is 0. The van der Waals surface area contributed by atoms with Crippen molar-refractivity contribution in [3.8, 4) is 0 Å². The Hall–Kier alpha value is 1.06. The molecule has 0 aliphatic heterocycles. The monoisotopic (exact) mass is 314 g/mol. The first-order valence-corrected chi connectivity index (χ1v) is 12.2. The van der Waals surface area contributed by atoms with E-state index in [9.17, 15) is 0 Å². The molecule has 0 aromatic rings. The molecule has 90 valence electrons. The summed E-state index contributed by atoms with van der Waals surface area (Å²) < 4.78 is 0. The zero-order valence-corrected chi connectivity index (χ0v) is 13.6. The number of allylic oxidation sites excluding steroid dienone is 4. The molecule has 1 unspecified atom stereocenters. The fraction of sp³-hybridized carbons (Fsp3) is 0.667. The fourth-order valence-corrected chi connectivity index (χ4v) is 2.60. The first-order chi connectivity index (χ1) is 7.56. The number of rotatable bonds is 1.